The lowest BCUT2D eigenvalue weighted by molar-refractivity contribution is -0.142. The number of rotatable bonds is 7. The van der Waals surface area contributed by atoms with Crippen LogP contribution in [0.15, 0.2) is 48.5 Å². The molecule has 0 saturated heterocycles. The molecular formula is C18H21BO3. The highest BCUT2D eigenvalue weighted by molar-refractivity contribution is 6.33. The van der Waals surface area contributed by atoms with Gasteiger partial charge in [0.05, 0.1) is 13.0 Å². The summed E-state index contributed by atoms with van der Waals surface area (Å²) in [6.07, 6.45) is 1.25. The Labute approximate surface area is 132 Å². The topological polar surface area (TPSA) is 35.5 Å². The summed E-state index contributed by atoms with van der Waals surface area (Å²) >= 11 is 0. The molecule has 0 heterocycles. The van der Waals surface area contributed by atoms with Gasteiger partial charge in [-0.15, -0.1) is 0 Å². The number of hydrogen-bond acceptors (Lipinski definition) is 3. The molecular weight excluding hydrogens is 275 g/mol. The standard InChI is InChI=1S/C18H21BO3/c1-3-21-18(20)12-14-7-6-9-16(11-14)22-17-10-5-4-8-15(17)13-19-2/h4-11,19H,3,12-13H2,1-2H3. The van der Waals surface area contributed by atoms with Crippen molar-refractivity contribution in [3.63, 3.8) is 0 Å². The van der Waals surface area contributed by atoms with E-state index in [-0.39, 0.29) is 12.4 Å². The molecule has 0 N–H and O–H groups in total. The molecule has 114 valence electrons. The maximum Gasteiger partial charge on any atom is 0.310 e. The van der Waals surface area contributed by atoms with Gasteiger partial charge in [0.25, 0.3) is 0 Å². The van der Waals surface area contributed by atoms with Crippen molar-refractivity contribution in [3.05, 3.63) is 59.7 Å². The minimum Gasteiger partial charge on any atom is -0.466 e. The van der Waals surface area contributed by atoms with Crippen LogP contribution in [0, 0.1) is 0 Å². The van der Waals surface area contributed by atoms with Gasteiger partial charge in [0.1, 0.15) is 18.8 Å². The van der Waals surface area contributed by atoms with Gasteiger partial charge in [-0.1, -0.05) is 37.2 Å². The summed E-state index contributed by atoms with van der Waals surface area (Å²) in [4.78, 5) is 11.6. The highest BCUT2D eigenvalue weighted by Gasteiger charge is 2.07. The molecule has 0 radical (unpaired) electrons. The van der Waals surface area contributed by atoms with Gasteiger partial charge >= 0.3 is 5.97 Å². The van der Waals surface area contributed by atoms with E-state index in [2.05, 4.69) is 12.9 Å². The zero-order valence-electron chi connectivity index (χ0n) is 13.2. The van der Waals surface area contributed by atoms with Gasteiger partial charge in [-0.05, 0) is 42.6 Å². The predicted molar refractivity (Wildman–Crippen MR) is 90.0 cm³/mol. The van der Waals surface area contributed by atoms with Crippen molar-refractivity contribution in [2.75, 3.05) is 6.61 Å². The molecule has 0 spiro atoms. The third-order valence-electron chi connectivity index (χ3n) is 3.27. The average molecular weight is 296 g/mol. The van der Waals surface area contributed by atoms with Gasteiger partial charge < -0.3 is 9.47 Å². The van der Waals surface area contributed by atoms with Crippen LogP contribution in [0.25, 0.3) is 0 Å². The van der Waals surface area contributed by atoms with Crippen LogP contribution in [0.1, 0.15) is 18.1 Å². The molecule has 0 aliphatic carbocycles. The first kappa shape index (κ1) is 16.2. The third-order valence-corrected chi connectivity index (χ3v) is 3.27. The van der Waals surface area contributed by atoms with Crippen molar-refractivity contribution < 1.29 is 14.3 Å². The summed E-state index contributed by atoms with van der Waals surface area (Å²) in [5.41, 5.74) is 2.09. The lowest BCUT2D eigenvalue weighted by atomic mass is 9.75. The molecule has 2 aromatic carbocycles. The van der Waals surface area contributed by atoms with E-state index in [1.807, 2.05) is 49.4 Å². The summed E-state index contributed by atoms with van der Waals surface area (Å²) in [5.74, 6) is 1.40. The Bertz CT molecular complexity index is 625. The monoisotopic (exact) mass is 296 g/mol. The molecule has 0 bridgehead atoms. The Kier molecular flexibility index (Phi) is 6.07. The highest BCUT2D eigenvalue weighted by atomic mass is 16.5. The summed E-state index contributed by atoms with van der Waals surface area (Å²) in [6.45, 7) is 4.36. The van der Waals surface area contributed by atoms with E-state index in [0.29, 0.717) is 6.61 Å². The number of ether oxygens (including phenoxy) is 2. The molecule has 3 nitrogen and oxygen atoms in total. The van der Waals surface area contributed by atoms with Crippen LogP contribution in [0.5, 0.6) is 11.5 Å². The first-order valence-corrected chi connectivity index (χ1v) is 7.73. The fourth-order valence-electron chi connectivity index (χ4n) is 2.30. The minimum atomic E-state index is -0.217. The first-order valence-electron chi connectivity index (χ1n) is 7.73. The second kappa shape index (κ2) is 8.27. The molecule has 2 rings (SSSR count). The van der Waals surface area contributed by atoms with E-state index in [1.165, 1.54) is 5.56 Å². The van der Waals surface area contributed by atoms with E-state index < -0.39 is 0 Å². The first-order chi connectivity index (χ1) is 10.7. The Morgan fingerprint density at radius 3 is 2.73 bits per heavy atom. The number of carbonyl (C=O) groups excluding carboxylic acids is 1. The summed E-state index contributed by atoms with van der Waals surface area (Å²) in [6, 6.07) is 15.6. The molecule has 0 aromatic heterocycles. The molecule has 2 aromatic rings. The summed E-state index contributed by atoms with van der Waals surface area (Å²) in [5, 5.41) is 0. The quantitative estimate of drug-likeness (QED) is 0.579. The fraction of sp³-hybridized carbons (Fsp3) is 0.278. The number of benzene rings is 2. The van der Waals surface area contributed by atoms with E-state index in [9.17, 15) is 4.79 Å². The zero-order chi connectivity index (χ0) is 15.8. The van der Waals surface area contributed by atoms with Crippen molar-refractivity contribution in [2.45, 2.75) is 26.5 Å². The molecule has 0 amide bonds. The van der Waals surface area contributed by atoms with Crippen molar-refractivity contribution in [2.24, 2.45) is 0 Å². The minimum absolute atomic E-state index is 0.217. The van der Waals surface area contributed by atoms with Gasteiger partial charge in [-0.2, -0.15) is 0 Å². The average Bonchev–Trinajstić information content (AvgIpc) is 2.50. The highest BCUT2D eigenvalue weighted by Crippen LogP contribution is 2.26. The van der Waals surface area contributed by atoms with E-state index in [4.69, 9.17) is 9.47 Å². The van der Waals surface area contributed by atoms with Crippen LogP contribution in [-0.2, 0) is 22.3 Å². The van der Waals surface area contributed by atoms with Crippen molar-refractivity contribution in [1.82, 2.24) is 0 Å². The van der Waals surface area contributed by atoms with E-state index >= 15 is 0 Å². The SMILES string of the molecule is CBCc1ccccc1Oc1cccc(CC(=O)OCC)c1. The molecule has 0 saturated carbocycles. The van der Waals surface area contributed by atoms with Crippen LogP contribution in [0.4, 0.5) is 0 Å². The lowest BCUT2D eigenvalue weighted by Crippen LogP contribution is -2.07. The third kappa shape index (κ3) is 4.66. The predicted octanol–water partition coefficient (Wildman–Crippen LogP) is 3.57. The van der Waals surface area contributed by atoms with Gasteiger partial charge in [-0.3, -0.25) is 4.79 Å². The van der Waals surface area contributed by atoms with Crippen molar-refractivity contribution in [3.8, 4) is 11.5 Å². The largest absolute Gasteiger partial charge is 0.466 e. The van der Waals surface area contributed by atoms with Gasteiger partial charge in [0.2, 0.25) is 0 Å². The maximum absolute atomic E-state index is 11.6. The summed E-state index contributed by atoms with van der Waals surface area (Å²) in [7, 11) is 1.07. The normalized spacial score (nSPS) is 10.1. The second-order valence-electron chi connectivity index (χ2n) is 5.09. The molecule has 0 unspecified atom stereocenters. The summed E-state index contributed by atoms with van der Waals surface area (Å²) < 4.78 is 11.0. The Balaban J connectivity index is 2.12. The molecule has 0 fully saturated rings. The van der Waals surface area contributed by atoms with Crippen LogP contribution in [0.3, 0.4) is 0 Å². The zero-order valence-corrected chi connectivity index (χ0v) is 13.2. The van der Waals surface area contributed by atoms with Crippen molar-refractivity contribution in [1.29, 1.82) is 0 Å². The number of para-hydroxylation sites is 1. The van der Waals surface area contributed by atoms with E-state index in [0.717, 1.165) is 30.7 Å². The van der Waals surface area contributed by atoms with Crippen LogP contribution in [0.2, 0.25) is 6.82 Å². The molecule has 0 atom stereocenters. The maximum atomic E-state index is 11.6. The Morgan fingerprint density at radius 2 is 1.95 bits per heavy atom. The fourth-order valence-corrected chi connectivity index (χ4v) is 2.30. The number of carbonyl (C=O) groups is 1. The molecule has 22 heavy (non-hydrogen) atoms. The Morgan fingerprint density at radius 1 is 1.14 bits per heavy atom. The van der Waals surface area contributed by atoms with Crippen molar-refractivity contribution >= 4 is 13.2 Å². The van der Waals surface area contributed by atoms with E-state index in [1.54, 1.807) is 0 Å². The van der Waals surface area contributed by atoms with Crippen LogP contribution >= 0.6 is 0 Å². The van der Waals surface area contributed by atoms with Gasteiger partial charge in [0.15, 0.2) is 0 Å². The second-order valence-corrected chi connectivity index (χ2v) is 5.09. The van der Waals surface area contributed by atoms with Crippen LogP contribution in [-0.4, -0.2) is 19.9 Å². The smallest absolute Gasteiger partial charge is 0.310 e. The Hall–Kier alpha value is -2.23. The molecule has 0 aliphatic heterocycles. The van der Waals surface area contributed by atoms with Crippen LogP contribution < -0.4 is 4.74 Å². The van der Waals surface area contributed by atoms with Gasteiger partial charge in [-0.25, -0.2) is 0 Å². The molecule has 4 heteroatoms. The number of hydrogen-bond donors (Lipinski definition) is 0. The lowest BCUT2D eigenvalue weighted by Gasteiger charge is -2.11. The molecule has 0 aliphatic rings. The van der Waals surface area contributed by atoms with Gasteiger partial charge in [0, 0.05) is 0 Å². The number of esters is 1.